The first-order valence-electron chi connectivity index (χ1n) is 7.58. The summed E-state index contributed by atoms with van der Waals surface area (Å²) in [7, 11) is 0. The van der Waals surface area contributed by atoms with Crippen molar-refractivity contribution in [3.05, 3.63) is 29.8 Å². The van der Waals surface area contributed by atoms with Gasteiger partial charge in [-0.05, 0) is 49.4 Å². The van der Waals surface area contributed by atoms with Crippen molar-refractivity contribution >= 4 is 17.3 Å². The Morgan fingerprint density at radius 2 is 2.05 bits per heavy atom. The molecule has 2 aliphatic carbocycles. The number of rotatable bonds is 2. The smallest absolute Gasteiger partial charge is 0.167 e. The van der Waals surface area contributed by atoms with Crippen LogP contribution in [0, 0.1) is 11.8 Å². The summed E-state index contributed by atoms with van der Waals surface area (Å²) in [6.45, 7) is 0.665. The van der Waals surface area contributed by atoms with Crippen molar-refractivity contribution in [3.8, 4) is 5.75 Å². The quantitative estimate of drug-likeness (QED) is 0.820. The van der Waals surface area contributed by atoms with Crippen LogP contribution in [0.2, 0.25) is 0 Å². The molecule has 106 valence electrons. The van der Waals surface area contributed by atoms with Crippen LogP contribution in [-0.2, 0) is 0 Å². The zero-order chi connectivity index (χ0) is 13.5. The fourth-order valence-electron chi connectivity index (χ4n) is 4.07. The number of ether oxygens (including phenoxy) is 1. The molecule has 3 nitrogen and oxygen atoms in total. The van der Waals surface area contributed by atoms with Crippen LogP contribution >= 0.6 is 12.2 Å². The van der Waals surface area contributed by atoms with Crippen LogP contribution in [-0.4, -0.2) is 17.8 Å². The summed E-state index contributed by atoms with van der Waals surface area (Å²) in [6, 6.07) is 8.96. The Labute approximate surface area is 125 Å². The zero-order valence-corrected chi connectivity index (χ0v) is 12.3. The maximum Gasteiger partial charge on any atom is 0.167 e. The second-order valence-electron chi connectivity index (χ2n) is 6.30. The average molecular weight is 288 g/mol. The average Bonchev–Trinajstić information content (AvgIpc) is 3.14. The monoisotopic (exact) mass is 288 g/mol. The van der Waals surface area contributed by atoms with Crippen molar-refractivity contribution in [2.45, 2.75) is 37.8 Å². The van der Waals surface area contributed by atoms with Gasteiger partial charge in [0.2, 0.25) is 0 Å². The second-order valence-corrected chi connectivity index (χ2v) is 6.71. The molecule has 0 radical (unpaired) electrons. The number of thiocarbonyl (C=S) groups is 1. The fraction of sp³-hybridized carbons (Fsp3) is 0.562. The van der Waals surface area contributed by atoms with Gasteiger partial charge in [-0.25, -0.2) is 0 Å². The molecule has 1 aromatic carbocycles. The van der Waals surface area contributed by atoms with Gasteiger partial charge >= 0.3 is 0 Å². The van der Waals surface area contributed by atoms with Gasteiger partial charge in [0.05, 0.1) is 6.04 Å². The molecule has 20 heavy (non-hydrogen) atoms. The Balaban J connectivity index is 1.37. The summed E-state index contributed by atoms with van der Waals surface area (Å²) in [5, 5.41) is 7.73. The Bertz CT molecular complexity index is 533. The largest absolute Gasteiger partial charge is 0.491 e. The van der Waals surface area contributed by atoms with E-state index in [1.54, 1.807) is 0 Å². The SMILES string of the molecule is S=C(N[C@H]1COc2ccccc21)N[C@H]1C[C@H]2CC[C@H]1C2. The molecule has 2 saturated carbocycles. The molecule has 1 aromatic rings. The molecule has 2 N–H and O–H groups in total. The van der Waals surface area contributed by atoms with E-state index in [0.29, 0.717) is 12.6 Å². The molecule has 0 aromatic heterocycles. The number of hydrogen-bond donors (Lipinski definition) is 2. The topological polar surface area (TPSA) is 33.3 Å². The standard InChI is InChI=1S/C16H20N2OS/c20-16(17-13-8-10-5-6-11(13)7-10)18-14-9-19-15-4-2-1-3-12(14)15/h1-4,10-11,13-14H,5-9H2,(H2,17,18,20)/t10-,11-,13-,14-/m0/s1. The Kier molecular flexibility index (Phi) is 3.06. The first-order chi connectivity index (χ1) is 9.79. The molecule has 0 unspecified atom stereocenters. The second kappa shape index (κ2) is 4.92. The van der Waals surface area contributed by atoms with E-state index in [1.807, 2.05) is 12.1 Å². The van der Waals surface area contributed by atoms with Crippen molar-refractivity contribution < 1.29 is 4.74 Å². The minimum absolute atomic E-state index is 0.185. The summed E-state index contributed by atoms with van der Waals surface area (Å²) < 4.78 is 5.68. The van der Waals surface area contributed by atoms with E-state index in [4.69, 9.17) is 17.0 Å². The van der Waals surface area contributed by atoms with Crippen LogP contribution in [0.15, 0.2) is 24.3 Å². The van der Waals surface area contributed by atoms with Crippen LogP contribution in [0.1, 0.15) is 37.3 Å². The molecule has 3 aliphatic rings. The minimum Gasteiger partial charge on any atom is -0.491 e. The molecule has 4 heteroatoms. The molecular formula is C16H20N2OS. The van der Waals surface area contributed by atoms with Crippen molar-refractivity contribution in [1.82, 2.24) is 10.6 Å². The summed E-state index contributed by atoms with van der Waals surface area (Å²) in [4.78, 5) is 0. The Morgan fingerprint density at radius 3 is 2.85 bits per heavy atom. The number of nitrogens with one attached hydrogen (secondary N) is 2. The lowest BCUT2D eigenvalue weighted by Gasteiger charge is -2.25. The van der Waals surface area contributed by atoms with E-state index < -0.39 is 0 Å². The van der Waals surface area contributed by atoms with Gasteiger partial charge in [-0.3, -0.25) is 0 Å². The van der Waals surface area contributed by atoms with Gasteiger partial charge < -0.3 is 15.4 Å². The van der Waals surface area contributed by atoms with Crippen molar-refractivity contribution in [3.63, 3.8) is 0 Å². The number of hydrogen-bond acceptors (Lipinski definition) is 2. The summed E-state index contributed by atoms with van der Waals surface area (Å²) in [6.07, 6.45) is 5.49. The lowest BCUT2D eigenvalue weighted by molar-refractivity contribution is 0.322. The van der Waals surface area contributed by atoms with Gasteiger partial charge in [-0.1, -0.05) is 24.6 Å². The van der Waals surface area contributed by atoms with E-state index >= 15 is 0 Å². The molecule has 0 spiro atoms. The van der Waals surface area contributed by atoms with Gasteiger partial charge in [0, 0.05) is 11.6 Å². The first-order valence-corrected chi connectivity index (χ1v) is 7.99. The van der Waals surface area contributed by atoms with E-state index in [0.717, 1.165) is 22.7 Å². The lowest BCUT2D eigenvalue weighted by atomic mass is 9.95. The van der Waals surface area contributed by atoms with Crippen LogP contribution < -0.4 is 15.4 Å². The normalized spacial score (nSPS) is 33.6. The van der Waals surface area contributed by atoms with E-state index in [-0.39, 0.29) is 6.04 Å². The molecular weight excluding hydrogens is 268 g/mol. The maximum atomic E-state index is 5.68. The summed E-state index contributed by atoms with van der Waals surface area (Å²) >= 11 is 5.49. The Hall–Kier alpha value is -1.29. The number of para-hydroxylation sites is 1. The van der Waals surface area contributed by atoms with Crippen LogP contribution in [0.4, 0.5) is 0 Å². The Morgan fingerprint density at radius 1 is 1.15 bits per heavy atom. The molecule has 4 atom stereocenters. The van der Waals surface area contributed by atoms with Gasteiger partial charge in [0.25, 0.3) is 0 Å². The van der Waals surface area contributed by atoms with E-state index in [1.165, 1.54) is 31.2 Å². The molecule has 0 saturated heterocycles. The predicted octanol–water partition coefficient (Wildman–Crippen LogP) is 2.77. The minimum atomic E-state index is 0.185. The number of fused-ring (bicyclic) bond motifs is 3. The highest BCUT2D eigenvalue weighted by atomic mass is 32.1. The van der Waals surface area contributed by atoms with Crippen molar-refractivity contribution in [1.29, 1.82) is 0 Å². The highest BCUT2D eigenvalue weighted by Crippen LogP contribution is 2.44. The molecule has 0 amide bonds. The molecule has 1 heterocycles. The fourth-order valence-corrected chi connectivity index (χ4v) is 4.37. The molecule has 4 rings (SSSR count). The lowest BCUT2D eigenvalue weighted by Crippen LogP contribution is -2.45. The third kappa shape index (κ3) is 2.16. The third-order valence-corrected chi connectivity index (χ3v) is 5.30. The summed E-state index contributed by atoms with van der Waals surface area (Å²) in [5.74, 6) is 2.76. The highest BCUT2D eigenvalue weighted by Gasteiger charge is 2.39. The van der Waals surface area contributed by atoms with Gasteiger partial charge in [0.1, 0.15) is 12.4 Å². The van der Waals surface area contributed by atoms with Crippen LogP contribution in [0.25, 0.3) is 0 Å². The van der Waals surface area contributed by atoms with Gasteiger partial charge in [-0.2, -0.15) is 0 Å². The maximum absolute atomic E-state index is 5.68. The van der Waals surface area contributed by atoms with Gasteiger partial charge in [0.15, 0.2) is 5.11 Å². The molecule has 2 bridgehead atoms. The van der Waals surface area contributed by atoms with Crippen LogP contribution in [0.3, 0.4) is 0 Å². The first kappa shape index (κ1) is 12.5. The van der Waals surface area contributed by atoms with Crippen LogP contribution in [0.5, 0.6) is 5.75 Å². The van der Waals surface area contributed by atoms with Crippen molar-refractivity contribution in [2.75, 3.05) is 6.61 Å². The highest BCUT2D eigenvalue weighted by molar-refractivity contribution is 7.80. The molecule has 1 aliphatic heterocycles. The number of benzene rings is 1. The van der Waals surface area contributed by atoms with E-state index in [2.05, 4.69) is 22.8 Å². The molecule has 2 fully saturated rings. The third-order valence-electron chi connectivity index (χ3n) is 5.06. The van der Waals surface area contributed by atoms with E-state index in [9.17, 15) is 0 Å². The predicted molar refractivity (Wildman–Crippen MR) is 82.8 cm³/mol. The van der Waals surface area contributed by atoms with Gasteiger partial charge in [-0.15, -0.1) is 0 Å². The zero-order valence-electron chi connectivity index (χ0n) is 11.5. The summed E-state index contributed by atoms with van der Waals surface area (Å²) in [5.41, 5.74) is 1.21. The van der Waals surface area contributed by atoms with Crippen molar-refractivity contribution in [2.24, 2.45) is 11.8 Å².